The first-order chi connectivity index (χ1) is 13.3. The average Bonchev–Trinajstić information content (AvgIpc) is 3.12. The molecule has 3 nitrogen and oxygen atoms in total. The van der Waals surface area contributed by atoms with Crippen LogP contribution in [0.1, 0.15) is 0 Å². The van der Waals surface area contributed by atoms with Crippen molar-refractivity contribution in [3.8, 4) is 28.1 Å². The Bertz CT molecular complexity index is 1260. The number of ether oxygens (including phenoxy) is 1. The van der Waals surface area contributed by atoms with E-state index in [9.17, 15) is 0 Å². The van der Waals surface area contributed by atoms with E-state index in [4.69, 9.17) is 9.72 Å². The molecule has 1 N–H and O–H groups in total. The number of para-hydroxylation sites is 1. The second-order valence-corrected chi connectivity index (χ2v) is 6.54. The zero-order valence-electron chi connectivity index (χ0n) is 14.9. The molecule has 0 aliphatic rings. The molecule has 5 rings (SSSR count). The number of fused-ring (bicyclic) bond motifs is 3. The Kier molecular flexibility index (Phi) is 3.65. The van der Waals surface area contributed by atoms with Crippen LogP contribution in [0.25, 0.3) is 44.2 Å². The third-order valence-corrected chi connectivity index (χ3v) is 4.95. The molecule has 130 valence electrons. The number of pyridine rings is 1. The first-order valence-corrected chi connectivity index (χ1v) is 8.94. The van der Waals surface area contributed by atoms with Gasteiger partial charge in [-0.3, -0.25) is 4.98 Å². The number of hydrogen-bond acceptors (Lipinski definition) is 2. The summed E-state index contributed by atoms with van der Waals surface area (Å²) in [5.74, 6) is 0.836. The van der Waals surface area contributed by atoms with Crippen LogP contribution in [0.2, 0.25) is 0 Å². The highest BCUT2D eigenvalue weighted by Gasteiger charge is 2.17. The summed E-state index contributed by atoms with van der Waals surface area (Å²) in [5.41, 5.74) is 6.44. The van der Waals surface area contributed by atoms with E-state index in [0.717, 1.165) is 39.2 Å². The minimum atomic E-state index is 0.836. The number of rotatable bonds is 3. The van der Waals surface area contributed by atoms with Crippen LogP contribution in [-0.4, -0.2) is 17.1 Å². The minimum absolute atomic E-state index is 0.836. The average molecular weight is 350 g/mol. The summed E-state index contributed by atoms with van der Waals surface area (Å²) < 4.78 is 5.47. The molecule has 0 spiro atoms. The van der Waals surface area contributed by atoms with E-state index < -0.39 is 0 Å². The second-order valence-electron chi connectivity index (χ2n) is 6.54. The van der Waals surface area contributed by atoms with Gasteiger partial charge in [0.05, 0.1) is 24.5 Å². The zero-order valence-corrected chi connectivity index (χ0v) is 14.9. The van der Waals surface area contributed by atoms with Crippen molar-refractivity contribution in [2.75, 3.05) is 7.11 Å². The molecule has 0 fully saturated rings. The number of H-pyrrole nitrogens is 1. The SMILES string of the molecule is COc1cccc(-c2c(-c3ccccc3)ncc3[nH]c4ccccc4c23)c1. The van der Waals surface area contributed by atoms with Gasteiger partial charge >= 0.3 is 0 Å². The number of nitrogens with one attached hydrogen (secondary N) is 1. The second kappa shape index (κ2) is 6.29. The maximum absolute atomic E-state index is 5.47. The molecule has 2 aromatic heterocycles. The lowest BCUT2D eigenvalue weighted by Crippen LogP contribution is -1.92. The highest BCUT2D eigenvalue weighted by Crippen LogP contribution is 2.40. The van der Waals surface area contributed by atoms with Crippen LogP contribution in [0.4, 0.5) is 0 Å². The quantitative estimate of drug-likeness (QED) is 0.429. The van der Waals surface area contributed by atoms with E-state index in [-0.39, 0.29) is 0 Å². The van der Waals surface area contributed by atoms with E-state index in [1.54, 1.807) is 7.11 Å². The summed E-state index contributed by atoms with van der Waals surface area (Å²) in [4.78, 5) is 8.33. The monoisotopic (exact) mass is 350 g/mol. The van der Waals surface area contributed by atoms with Crippen molar-refractivity contribution >= 4 is 21.8 Å². The van der Waals surface area contributed by atoms with E-state index >= 15 is 0 Å². The van der Waals surface area contributed by atoms with E-state index in [1.807, 2.05) is 36.5 Å². The van der Waals surface area contributed by atoms with Crippen LogP contribution in [0.3, 0.4) is 0 Å². The fraction of sp³-hybridized carbons (Fsp3) is 0.0417. The molecule has 0 saturated heterocycles. The van der Waals surface area contributed by atoms with E-state index in [1.165, 1.54) is 10.8 Å². The Morgan fingerprint density at radius 3 is 2.41 bits per heavy atom. The Balaban J connectivity index is 1.94. The molecule has 0 atom stereocenters. The van der Waals surface area contributed by atoms with Crippen molar-refractivity contribution in [1.29, 1.82) is 0 Å². The fourth-order valence-electron chi connectivity index (χ4n) is 3.72. The van der Waals surface area contributed by atoms with Gasteiger partial charge < -0.3 is 9.72 Å². The maximum Gasteiger partial charge on any atom is 0.119 e. The van der Waals surface area contributed by atoms with Gasteiger partial charge in [0, 0.05) is 27.4 Å². The number of methoxy groups -OCH3 is 1. The number of benzene rings is 3. The van der Waals surface area contributed by atoms with Crippen molar-refractivity contribution in [2.45, 2.75) is 0 Å². The lowest BCUT2D eigenvalue weighted by Gasteiger charge is -2.12. The Morgan fingerprint density at radius 1 is 0.778 bits per heavy atom. The Hall–Kier alpha value is -3.59. The molecule has 0 aliphatic carbocycles. The van der Waals surface area contributed by atoms with Gasteiger partial charge in [-0.2, -0.15) is 0 Å². The molecule has 0 amide bonds. The predicted molar refractivity (Wildman–Crippen MR) is 111 cm³/mol. The van der Waals surface area contributed by atoms with Crippen molar-refractivity contribution in [1.82, 2.24) is 9.97 Å². The van der Waals surface area contributed by atoms with Gasteiger partial charge in [-0.25, -0.2) is 0 Å². The van der Waals surface area contributed by atoms with Gasteiger partial charge in [0.1, 0.15) is 5.75 Å². The minimum Gasteiger partial charge on any atom is -0.497 e. The lowest BCUT2D eigenvalue weighted by atomic mass is 9.94. The maximum atomic E-state index is 5.47. The Morgan fingerprint density at radius 2 is 1.56 bits per heavy atom. The largest absolute Gasteiger partial charge is 0.497 e. The highest BCUT2D eigenvalue weighted by atomic mass is 16.5. The number of aromatic amines is 1. The molecule has 0 bridgehead atoms. The number of nitrogens with zero attached hydrogens (tertiary/aromatic N) is 1. The Labute approximate surface area is 157 Å². The van der Waals surface area contributed by atoms with Gasteiger partial charge in [-0.05, 0) is 23.8 Å². The van der Waals surface area contributed by atoms with Gasteiger partial charge in [0.25, 0.3) is 0 Å². The first-order valence-electron chi connectivity index (χ1n) is 8.94. The molecule has 0 unspecified atom stereocenters. The van der Waals surface area contributed by atoms with Crippen LogP contribution in [-0.2, 0) is 0 Å². The topological polar surface area (TPSA) is 37.9 Å². The third kappa shape index (κ3) is 2.56. The van der Waals surface area contributed by atoms with Gasteiger partial charge in [0.2, 0.25) is 0 Å². The molecule has 27 heavy (non-hydrogen) atoms. The normalized spacial score (nSPS) is 11.1. The standard InChI is InChI=1S/C24H18N2O/c1-27-18-11-7-10-17(14-18)22-23-19-12-5-6-13-20(19)26-21(23)15-25-24(22)16-8-3-2-4-9-16/h2-15,26H,1H3. The van der Waals surface area contributed by atoms with E-state index in [0.29, 0.717) is 0 Å². The van der Waals surface area contributed by atoms with Crippen molar-refractivity contribution in [3.05, 3.63) is 85.1 Å². The molecule has 0 aliphatic heterocycles. The highest BCUT2D eigenvalue weighted by molar-refractivity contribution is 6.16. The molecule has 3 aromatic carbocycles. The van der Waals surface area contributed by atoms with Gasteiger partial charge in [0.15, 0.2) is 0 Å². The summed E-state index contributed by atoms with van der Waals surface area (Å²) in [5, 5.41) is 2.39. The van der Waals surface area contributed by atoms with E-state index in [2.05, 4.69) is 53.5 Å². The molecular weight excluding hydrogens is 332 g/mol. The number of aromatic nitrogens is 2. The summed E-state index contributed by atoms with van der Waals surface area (Å²) in [6.07, 6.45) is 1.93. The van der Waals surface area contributed by atoms with Crippen molar-refractivity contribution in [3.63, 3.8) is 0 Å². The molecule has 3 heteroatoms. The summed E-state index contributed by atoms with van der Waals surface area (Å²) in [6, 6.07) is 26.9. The predicted octanol–water partition coefficient (Wildman–Crippen LogP) is 6.06. The molecule has 2 heterocycles. The summed E-state index contributed by atoms with van der Waals surface area (Å²) >= 11 is 0. The molecule has 5 aromatic rings. The molecule has 0 saturated carbocycles. The number of hydrogen-bond donors (Lipinski definition) is 1. The van der Waals surface area contributed by atoms with Crippen molar-refractivity contribution < 1.29 is 4.74 Å². The summed E-state index contributed by atoms with van der Waals surface area (Å²) in [7, 11) is 1.70. The fourth-order valence-corrected chi connectivity index (χ4v) is 3.72. The summed E-state index contributed by atoms with van der Waals surface area (Å²) in [6.45, 7) is 0. The van der Waals surface area contributed by atoms with Gasteiger partial charge in [-0.1, -0.05) is 60.7 Å². The third-order valence-electron chi connectivity index (χ3n) is 4.95. The van der Waals surface area contributed by atoms with Crippen molar-refractivity contribution in [2.24, 2.45) is 0 Å². The lowest BCUT2D eigenvalue weighted by molar-refractivity contribution is 0.415. The molecule has 0 radical (unpaired) electrons. The van der Waals surface area contributed by atoms with Crippen LogP contribution in [0.5, 0.6) is 5.75 Å². The van der Waals surface area contributed by atoms with Crippen LogP contribution in [0, 0.1) is 0 Å². The van der Waals surface area contributed by atoms with Gasteiger partial charge in [-0.15, -0.1) is 0 Å². The first kappa shape index (κ1) is 15.6. The smallest absolute Gasteiger partial charge is 0.119 e. The van der Waals surface area contributed by atoms with Crippen LogP contribution < -0.4 is 4.74 Å². The molecular formula is C24H18N2O. The van der Waals surface area contributed by atoms with Crippen LogP contribution in [0.15, 0.2) is 85.1 Å². The van der Waals surface area contributed by atoms with Crippen LogP contribution >= 0.6 is 0 Å². The zero-order chi connectivity index (χ0) is 18.2.